The molecule has 1 fully saturated rings. The molecule has 0 N–H and O–H groups in total. The van der Waals surface area contributed by atoms with Crippen LogP contribution < -0.4 is 0 Å². The fraction of sp³-hybridized carbons (Fsp3) is 0.667. The Labute approximate surface area is 131 Å². The molecule has 2 heterocycles. The molecule has 1 aliphatic rings. The Hall–Kier alpha value is 0.440. The van der Waals surface area contributed by atoms with Crippen LogP contribution in [0.2, 0.25) is 0 Å². The number of halogens is 1. The summed E-state index contributed by atoms with van der Waals surface area (Å²) in [6.07, 6.45) is 5.12. The number of aryl methyl sites for hydroxylation is 1. The van der Waals surface area contributed by atoms with Gasteiger partial charge in [0.1, 0.15) is 4.21 Å². The van der Waals surface area contributed by atoms with Crippen LogP contribution in [0.15, 0.2) is 14.1 Å². The van der Waals surface area contributed by atoms with Crippen LogP contribution in [0.4, 0.5) is 0 Å². The quantitative estimate of drug-likeness (QED) is 0.797. The average molecular weight is 384 g/mol. The largest absolute Gasteiger partial charge is 0.252 e. The molecule has 0 amide bonds. The maximum absolute atomic E-state index is 12.6. The third kappa shape index (κ3) is 3.56. The van der Waals surface area contributed by atoms with Gasteiger partial charge in [0.15, 0.2) is 0 Å². The fourth-order valence-corrected chi connectivity index (χ4v) is 6.82. The number of nitrogens with zero attached hydrogens (tertiary/aromatic N) is 1. The summed E-state index contributed by atoms with van der Waals surface area (Å²) in [5.41, 5.74) is 0.986. The summed E-state index contributed by atoms with van der Waals surface area (Å²) >= 11 is 6.56. The van der Waals surface area contributed by atoms with Gasteiger partial charge in [-0.2, -0.15) is 16.1 Å². The highest BCUT2D eigenvalue weighted by Crippen LogP contribution is 2.33. The number of sulfonamides is 1. The van der Waals surface area contributed by atoms with Crippen molar-refractivity contribution in [3.63, 3.8) is 0 Å². The number of hydrogen-bond acceptors (Lipinski definition) is 4. The molecular formula is C12H18BrNO2S3. The van der Waals surface area contributed by atoms with Crippen LogP contribution in [0, 0.1) is 6.92 Å². The van der Waals surface area contributed by atoms with E-state index in [4.69, 9.17) is 0 Å². The summed E-state index contributed by atoms with van der Waals surface area (Å²) in [5.74, 6) is 0. The molecule has 0 saturated carbocycles. The van der Waals surface area contributed by atoms with Crippen molar-refractivity contribution < 1.29 is 8.42 Å². The van der Waals surface area contributed by atoms with E-state index in [0.29, 0.717) is 22.5 Å². The van der Waals surface area contributed by atoms with E-state index in [1.807, 2.05) is 18.7 Å². The Kier molecular flexibility index (Phi) is 5.39. The van der Waals surface area contributed by atoms with Gasteiger partial charge in [0, 0.05) is 18.3 Å². The van der Waals surface area contributed by atoms with Gasteiger partial charge < -0.3 is 0 Å². The minimum atomic E-state index is -3.31. The normalized spacial score (nSPS) is 22.4. The maximum Gasteiger partial charge on any atom is 0.252 e. The van der Waals surface area contributed by atoms with Crippen molar-refractivity contribution in [3.05, 3.63) is 15.4 Å². The Morgan fingerprint density at radius 2 is 2.16 bits per heavy atom. The molecule has 0 spiro atoms. The van der Waals surface area contributed by atoms with Crippen LogP contribution in [-0.4, -0.2) is 37.3 Å². The molecule has 0 radical (unpaired) electrons. The van der Waals surface area contributed by atoms with Crippen LogP contribution in [0.3, 0.4) is 0 Å². The van der Waals surface area contributed by atoms with Gasteiger partial charge in [-0.3, -0.25) is 0 Å². The Morgan fingerprint density at radius 1 is 1.42 bits per heavy atom. The standard InChI is InChI=1S/C12H18BrNO2S3/c1-9-8-11(18-12(9)13)19(15,16)14-6-3-4-10(17-2)5-7-14/h8,10H,3-7H2,1-2H3. The fourth-order valence-electron chi connectivity index (χ4n) is 2.20. The molecule has 108 valence electrons. The van der Waals surface area contributed by atoms with Crippen molar-refractivity contribution in [2.75, 3.05) is 19.3 Å². The summed E-state index contributed by atoms with van der Waals surface area (Å²) in [6.45, 7) is 3.21. The highest BCUT2D eigenvalue weighted by atomic mass is 79.9. The minimum absolute atomic E-state index is 0.458. The molecule has 0 aromatic carbocycles. The predicted molar refractivity (Wildman–Crippen MR) is 86.7 cm³/mol. The van der Waals surface area contributed by atoms with E-state index >= 15 is 0 Å². The van der Waals surface area contributed by atoms with E-state index in [9.17, 15) is 8.42 Å². The Morgan fingerprint density at radius 3 is 2.74 bits per heavy atom. The first-order valence-corrected chi connectivity index (χ1v) is 10.6. The second-order valence-electron chi connectivity index (χ2n) is 4.71. The van der Waals surface area contributed by atoms with E-state index in [2.05, 4.69) is 22.2 Å². The van der Waals surface area contributed by atoms with Gasteiger partial charge in [0.05, 0.1) is 3.79 Å². The zero-order valence-corrected chi connectivity index (χ0v) is 15.1. The molecule has 1 saturated heterocycles. The lowest BCUT2D eigenvalue weighted by Crippen LogP contribution is -2.31. The average Bonchev–Trinajstić information content (AvgIpc) is 2.61. The second kappa shape index (κ2) is 6.47. The van der Waals surface area contributed by atoms with E-state index in [1.54, 1.807) is 10.4 Å². The van der Waals surface area contributed by atoms with Crippen molar-refractivity contribution in [2.24, 2.45) is 0 Å². The summed E-state index contributed by atoms with van der Waals surface area (Å²) in [5, 5.41) is 0.594. The number of rotatable bonds is 3. The van der Waals surface area contributed by atoms with Crippen molar-refractivity contribution in [1.29, 1.82) is 0 Å². The lowest BCUT2D eigenvalue weighted by atomic mass is 10.2. The topological polar surface area (TPSA) is 37.4 Å². The zero-order valence-electron chi connectivity index (χ0n) is 11.1. The molecule has 2 rings (SSSR count). The van der Waals surface area contributed by atoms with Gasteiger partial charge >= 0.3 is 0 Å². The zero-order chi connectivity index (χ0) is 14.0. The molecule has 19 heavy (non-hydrogen) atoms. The van der Waals surface area contributed by atoms with Gasteiger partial charge in [-0.05, 0) is 60.0 Å². The number of thioether (sulfide) groups is 1. The molecule has 7 heteroatoms. The molecule has 1 aromatic rings. The smallest absolute Gasteiger partial charge is 0.206 e. The number of hydrogen-bond donors (Lipinski definition) is 0. The van der Waals surface area contributed by atoms with Crippen LogP contribution in [0.25, 0.3) is 0 Å². The summed E-state index contributed by atoms with van der Waals surface area (Å²) < 4.78 is 28.2. The first-order valence-electron chi connectivity index (χ1n) is 6.24. The molecule has 0 bridgehead atoms. The third-order valence-electron chi connectivity index (χ3n) is 3.40. The SMILES string of the molecule is CSC1CCCN(S(=O)(=O)c2cc(C)c(Br)s2)CC1. The summed E-state index contributed by atoms with van der Waals surface area (Å²) in [7, 11) is -3.31. The summed E-state index contributed by atoms with van der Waals surface area (Å²) in [6, 6.07) is 1.76. The van der Waals surface area contributed by atoms with Crippen LogP contribution in [0.5, 0.6) is 0 Å². The van der Waals surface area contributed by atoms with Gasteiger partial charge in [-0.1, -0.05) is 0 Å². The highest BCUT2D eigenvalue weighted by Gasteiger charge is 2.29. The van der Waals surface area contributed by atoms with Crippen LogP contribution in [0.1, 0.15) is 24.8 Å². The lowest BCUT2D eigenvalue weighted by Gasteiger charge is -2.18. The van der Waals surface area contributed by atoms with Gasteiger partial charge in [-0.25, -0.2) is 8.42 Å². The Bertz CT molecular complexity index is 522. The van der Waals surface area contributed by atoms with E-state index in [-0.39, 0.29) is 0 Å². The predicted octanol–water partition coefficient (Wildman–Crippen LogP) is 3.73. The summed E-state index contributed by atoms with van der Waals surface area (Å²) in [4.78, 5) is 0. The van der Waals surface area contributed by atoms with Gasteiger partial charge in [0.25, 0.3) is 10.0 Å². The molecule has 3 nitrogen and oxygen atoms in total. The monoisotopic (exact) mass is 383 g/mol. The number of thiophene rings is 1. The van der Waals surface area contributed by atoms with Crippen molar-refractivity contribution in [3.8, 4) is 0 Å². The van der Waals surface area contributed by atoms with Gasteiger partial charge in [0.2, 0.25) is 0 Å². The minimum Gasteiger partial charge on any atom is -0.206 e. The highest BCUT2D eigenvalue weighted by molar-refractivity contribution is 9.11. The second-order valence-corrected chi connectivity index (χ2v) is 10.4. The van der Waals surface area contributed by atoms with E-state index in [1.165, 1.54) is 11.3 Å². The lowest BCUT2D eigenvalue weighted by molar-refractivity contribution is 0.425. The van der Waals surface area contributed by atoms with Gasteiger partial charge in [-0.15, -0.1) is 11.3 Å². The third-order valence-corrected chi connectivity index (χ3v) is 9.02. The van der Waals surface area contributed by atoms with Crippen molar-refractivity contribution >= 4 is 49.1 Å². The molecular weight excluding hydrogens is 366 g/mol. The molecule has 1 aromatic heterocycles. The first-order chi connectivity index (χ1) is 8.95. The maximum atomic E-state index is 12.6. The molecule has 1 atom stereocenters. The molecule has 0 aliphatic carbocycles. The molecule has 1 unspecified atom stereocenters. The van der Waals surface area contributed by atoms with E-state index < -0.39 is 10.0 Å². The first kappa shape index (κ1) is 15.8. The van der Waals surface area contributed by atoms with Crippen LogP contribution >= 0.6 is 39.0 Å². The van der Waals surface area contributed by atoms with Crippen LogP contribution in [-0.2, 0) is 10.0 Å². The molecule has 1 aliphatic heterocycles. The van der Waals surface area contributed by atoms with Crippen molar-refractivity contribution in [1.82, 2.24) is 4.31 Å². The Balaban J connectivity index is 2.20. The van der Waals surface area contributed by atoms with Crippen molar-refractivity contribution in [2.45, 2.75) is 35.6 Å². The van der Waals surface area contributed by atoms with E-state index in [0.717, 1.165) is 28.6 Å².